The van der Waals surface area contributed by atoms with Gasteiger partial charge in [-0.3, -0.25) is 4.79 Å². The Balaban J connectivity index is 2.39. The lowest BCUT2D eigenvalue weighted by molar-refractivity contribution is -0.142. The summed E-state index contributed by atoms with van der Waals surface area (Å²) in [4.78, 5) is 21.8. The van der Waals surface area contributed by atoms with Crippen molar-refractivity contribution in [2.75, 3.05) is 19.8 Å². The first-order valence-corrected chi connectivity index (χ1v) is 4.50. The molecule has 0 aliphatic carbocycles. The predicted octanol–water partition coefficient (Wildman–Crippen LogP) is -0.00180. The van der Waals surface area contributed by atoms with Crippen LogP contribution in [0.2, 0.25) is 0 Å². The summed E-state index contributed by atoms with van der Waals surface area (Å²) in [6.45, 7) is 3.79. The Morgan fingerprint density at radius 2 is 2.33 bits per heavy atom. The first kappa shape index (κ1) is 11.5. The van der Waals surface area contributed by atoms with Gasteiger partial charge in [-0.05, 0) is 0 Å². The van der Waals surface area contributed by atoms with E-state index < -0.39 is 24.0 Å². The maximum atomic E-state index is 11.1. The third-order valence-corrected chi connectivity index (χ3v) is 2.03. The van der Waals surface area contributed by atoms with Crippen LogP contribution in [0.4, 0.5) is 4.79 Å². The highest BCUT2D eigenvalue weighted by Gasteiger charge is 2.35. The Bertz CT molecular complexity index is 265. The molecular weight excluding hydrogens is 202 g/mol. The average Bonchev–Trinajstić information content (AvgIpc) is 2.62. The van der Waals surface area contributed by atoms with Crippen LogP contribution in [0.3, 0.4) is 0 Å². The highest BCUT2D eigenvalue weighted by atomic mass is 16.5. The van der Waals surface area contributed by atoms with Crippen molar-refractivity contribution in [1.29, 1.82) is 0 Å². The zero-order valence-electron chi connectivity index (χ0n) is 8.14. The highest BCUT2D eigenvalue weighted by molar-refractivity contribution is 5.74. The second-order valence-electron chi connectivity index (χ2n) is 3.12. The first-order valence-electron chi connectivity index (χ1n) is 4.50. The molecule has 6 heteroatoms. The van der Waals surface area contributed by atoms with Crippen molar-refractivity contribution in [3.8, 4) is 0 Å². The van der Waals surface area contributed by atoms with E-state index in [2.05, 4.69) is 16.6 Å². The number of amides is 1. The lowest BCUT2D eigenvalue weighted by atomic mass is 10.1. The second kappa shape index (κ2) is 5.35. The standard InChI is InChI=1S/C9H13NO5/c1-2-3-15-9(13)10-7-5-14-4-6(7)8(11)12/h2,6-7H,1,3-5H2,(H,10,13)(H,11,12)/t6-,7-/m1/s1. The fraction of sp³-hybridized carbons (Fsp3) is 0.556. The smallest absolute Gasteiger partial charge is 0.407 e. The molecule has 1 fully saturated rings. The third-order valence-electron chi connectivity index (χ3n) is 2.03. The molecule has 0 saturated carbocycles. The van der Waals surface area contributed by atoms with Crippen LogP contribution >= 0.6 is 0 Å². The maximum Gasteiger partial charge on any atom is 0.407 e. The SMILES string of the molecule is C=CCOC(=O)N[C@@H]1COC[C@H]1C(=O)O. The molecule has 6 nitrogen and oxygen atoms in total. The number of alkyl carbamates (subject to hydrolysis) is 1. The summed E-state index contributed by atoms with van der Waals surface area (Å²) in [5.74, 6) is -1.69. The van der Waals surface area contributed by atoms with Crippen molar-refractivity contribution in [1.82, 2.24) is 5.32 Å². The molecule has 1 aliphatic rings. The molecule has 15 heavy (non-hydrogen) atoms. The maximum absolute atomic E-state index is 11.1. The number of nitrogens with one attached hydrogen (secondary N) is 1. The molecule has 2 atom stereocenters. The minimum Gasteiger partial charge on any atom is -0.481 e. The van der Waals surface area contributed by atoms with Crippen LogP contribution in [0, 0.1) is 5.92 Å². The molecular formula is C9H13NO5. The molecule has 0 radical (unpaired) electrons. The Morgan fingerprint density at radius 3 is 2.93 bits per heavy atom. The van der Waals surface area contributed by atoms with Gasteiger partial charge in [-0.15, -0.1) is 0 Å². The van der Waals surface area contributed by atoms with Gasteiger partial charge in [0.05, 0.1) is 19.3 Å². The normalized spacial score (nSPS) is 24.5. The van der Waals surface area contributed by atoms with Crippen LogP contribution in [0.1, 0.15) is 0 Å². The fourth-order valence-electron chi connectivity index (χ4n) is 1.27. The van der Waals surface area contributed by atoms with Crippen molar-refractivity contribution in [2.45, 2.75) is 6.04 Å². The summed E-state index contributed by atoms with van der Waals surface area (Å²) in [6.07, 6.45) is 0.774. The number of hydrogen-bond donors (Lipinski definition) is 2. The zero-order chi connectivity index (χ0) is 11.3. The summed E-state index contributed by atoms with van der Waals surface area (Å²) in [6, 6.07) is -0.528. The monoisotopic (exact) mass is 215 g/mol. The number of rotatable bonds is 4. The number of aliphatic carboxylic acids is 1. The van der Waals surface area contributed by atoms with E-state index in [-0.39, 0.29) is 19.8 Å². The highest BCUT2D eigenvalue weighted by Crippen LogP contribution is 2.13. The minimum atomic E-state index is -0.985. The van der Waals surface area contributed by atoms with Gasteiger partial charge in [-0.25, -0.2) is 4.79 Å². The first-order chi connectivity index (χ1) is 7.15. The molecule has 2 N–H and O–H groups in total. The van der Waals surface area contributed by atoms with Crippen LogP contribution in [0.5, 0.6) is 0 Å². The van der Waals surface area contributed by atoms with E-state index >= 15 is 0 Å². The zero-order valence-corrected chi connectivity index (χ0v) is 8.14. The van der Waals surface area contributed by atoms with Gasteiger partial charge in [0.1, 0.15) is 12.5 Å². The molecule has 0 aromatic carbocycles. The molecule has 0 bridgehead atoms. The van der Waals surface area contributed by atoms with Gasteiger partial charge in [0.25, 0.3) is 0 Å². The van der Waals surface area contributed by atoms with Crippen LogP contribution in [0.15, 0.2) is 12.7 Å². The van der Waals surface area contributed by atoms with E-state index in [0.717, 1.165) is 0 Å². The summed E-state index contributed by atoms with van der Waals surface area (Å²) in [5, 5.41) is 11.2. The van der Waals surface area contributed by atoms with E-state index in [1.165, 1.54) is 6.08 Å². The van der Waals surface area contributed by atoms with Gasteiger partial charge in [-0.2, -0.15) is 0 Å². The summed E-state index contributed by atoms with van der Waals surface area (Å²) in [7, 11) is 0. The predicted molar refractivity (Wildman–Crippen MR) is 50.4 cm³/mol. The van der Waals surface area contributed by atoms with Crippen molar-refractivity contribution in [3.63, 3.8) is 0 Å². The van der Waals surface area contributed by atoms with Gasteiger partial charge in [0.2, 0.25) is 0 Å². The van der Waals surface area contributed by atoms with Crippen molar-refractivity contribution in [3.05, 3.63) is 12.7 Å². The van der Waals surface area contributed by atoms with Crippen LogP contribution in [0.25, 0.3) is 0 Å². The van der Waals surface area contributed by atoms with Crippen molar-refractivity contribution < 1.29 is 24.2 Å². The Labute approximate surface area is 86.9 Å². The van der Waals surface area contributed by atoms with E-state index in [9.17, 15) is 9.59 Å². The molecule has 1 saturated heterocycles. The van der Waals surface area contributed by atoms with Gasteiger partial charge in [0.15, 0.2) is 0 Å². The van der Waals surface area contributed by atoms with Crippen LogP contribution in [-0.2, 0) is 14.3 Å². The summed E-state index contributed by atoms with van der Waals surface area (Å²) in [5.41, 5.74) is 0. The number of hydrogen-bond acceptors (Lipinski definition) is 4. The second-order valence-corrected chi connectivity index (χ2v) is 3.12. The summed E-state index contributed by atoms with van der Waals surface area (Å²) >= 11 is 0. The van der Waals surface area contributed by atoms with E-state index in [4.69, 9.17) is 9.84 Å². The number of carboxylic acids is 1. The molecule has 84 valence electrons. The van der Waals surface area contributed by atoms with E-state index in [1.807, 2.05) is 0 Å². The molecule has 1 aliphatic heterocycles. The van der Waals surface area contributed by atoms with Crippen LogP contribution in [-0.4, -0.2) is 43.0 Å². The van der Waals surface area contributed by atoms with Gasteiger partial charge in [0, 0.05) is 0 Å². The molecule has 0 spiro atoms. The molecule has 0 aromatic heterocycles. The lowest BCUT2D eigenvalue weighted by Crippen LogP contribution is -2.42. The van der Waals surface area contributed by atoms with Crippen LogP contribution < -0.4 is 5.32 Å². The number of ether oxygens (including phenoxy) is 2. The Kier molecular flexibility index (Phi) is 4.11. The molecule has 1 heterocycles. The minimum absolute atomic E-state index is 0.0944. The number of carbonyl (C=O) groups excluding carboxylic acids is 1. The molecule has 1 rings (SSSR count). The quantitative estimate of drug-likeness (QED) is 0.645. The average molecular weight is 215 g/mol. The van der Waals surface area contributed by atoms with Crippen molar-refractivity contribution in [2.24, 2.45) is 5.92 Å². The topological polar surface area (TPSA) is 84.9 Å². The molecule has 0 aromatic rings. The molecule has 1 amide bonds. The Hall–Kier alpha value is -1.56. The third kappa shape index (κ3) is 3.25. The molecule has 0 unspecified atom stereocenters. The van der Waals surface area contributed by atoms with Crippen molar-refractivity contribution >= 4 is 12.1 Å². The summed E-state index contributed by atoms with van der Waals surface area (Å²) < 4.78 is 9.63. The number of carboxylic acid groups (broad SMARTS) is 1. The van der Waals surface area contributed by atoms with Gasteiger partial charge < -0.3 is 19.9 Å². The van der Waals surface area contributed by atoms with E-state index in [1.54, 1.807) is 0 Å². The lowest BCUT2D eigenvalue weighted by Gasteiger charge is -2.14. The fourth-order valence-corrected chi connectivity index (χ4v) is 1.27. The van der Waals surface area contributed by atoms with Gasteiger partial charge >= 0.3 is 12.1 Å². The van der Waals surface area contributed by atoms with Gasteiger partial charge in [-0.1, -0.05) is 12.7 Å². The largest absolute Gasteiger partial charge is 0.481 e. The Morgan fingerprint density at radius 1 is 1.60 bits per heavy atom. The number of carbonyl (C=O) groups is 2. The van der Waals surface area contributed by atoms with E-state index in [0.29, 0.717) is 0 Å².